The molecule has 1 atom stereocenters. The first-order valence-electron chi connectivity index (χ1n) is 7.40. The highest BCUT2D eigenvalue weighted by Gasteiger charge is 2.30. The first-order valence-corrected chi connectivity index (χ1v) is 8.15. The Morgan fingerprint density at radius 2 is 1.96 bits per heavy atom. The number of hydrogen-bond acceptors (Lipinski definition) is 6. The summed E-state index contributed by atoms with van der Waals surface area (Å²) in [5.41, 5.74) is 6.73. The Bertz CT molecular complexity index is 672. The van der Waals surface area contributed by atoms with E-state index in [9.17, 15) is 9.90 Å². The number of rotatable bonds is 4. The molecule has 1 amide bonds. The number of phenols is 1. The Morgan fingerprint density at radius 3 is 2.50 bits per heavy atom. The van der Waals surface area contributed by atoms with Gasteiger partial charge in [0, 0.05) is 30.8 Å². The molecule has 1 heterocycles. The van der Waals surface area contributed by atoms with E-state index in [4.69, 9.17) is 40.2 Å². The number of nitrogens with one attached hydrogen (secondary N) is 1. The van der Waals surface area contributed by atoms with Gasteiger partial charge in [-0.2, -0.15) is 5.10 Å². The van der Waals surface area contributed by atoms with Crippen molar-refractivity contribution in [1.82, 2.24) is 4.90 Å². The van der Waals surface area contributed by atoms with E-state index in [0.717, 1.165) is 6.21 Å². The quantitative estimate of drug-likeness (QED) is 0.365. The molecule has 0 aliphatic carbocycles. The summed E-state index contributed by atoms with van der Waals surface area (Å²) in [7, 11) is 0. The number of aromatic hydroxyl groups is 1. The minimum Gasteiger partial charge on any atom is -0.508 e. The van der Waals surface area contributed by atoms with Crippen LogP contribution in [0.1, 0.15) is 24.4 Å². The Hall–Kier alpha value is -1.83. The molecule has 1 aromatic carbocycles. The number of phenolic OH excluding ortho intramolecular Hbond substituents is 1. The summed E-state index contributed by atoms with van der Waals surface area (Å²) in [6.45, 7) is 0.957. The van der Waals surface area contributed by atoms with E-state index < -0.39 is 6.04 Å². The number of likely N-dealkylation sites (tertiary alicyclic amines) is 1. The van der Waals surface area contributed by atoms with Crippen molar-refractivity contribution in [3.8, 4) is 5.75 Å². The van der Waals surface area contributed by atoms with Crippen LogP contribution in [0.5, 0.6) is 5.75 Å². The average Bonchev–Trinajstić information content (AvgIpc) is 2.58. The molecule has 1 saturated heterocycles. The third-order valence-electron chi connectivity index (χ3n) is 4.26. The van der Waals surface area contributed by atoms with Crippen molar-refractivity contribution in [3.63, 3.8) is 0 Å². The minimum absolute atomic E-state index is 0.0109. The number of nitrogens with zero attached hydrogens (tertiary/aromatic N) is 2. The summed E-state index contributed by atoms with van der Waals surface area (Å²) in [6.07, 6.45) is 2.15. The van der Waals surface area contributed by atoms with E-state index in [1.54, 1.807) is 11.0 Å². The Morgan fingerprint density at radius 1 is 1.38 bits per heavy atom. The van der Waals surface area contributed by atoms with Crippen molar-refractivity contribution in [3.05, 3.63) is 27.7 Å². The molecule has 1 aliphatic rings. The molecular weight excluding hydrogens is 353 g/mol. The fourth-order valence-electron chi connectivity index (χ4n) is 2.85. The summed E-state index contributed by atoms with van der Waals surface area (Å²) in [6, 6.07) is 2.55. The molecule has 0 bridgehead atoms. The lowest BCUT2D eigenvalue weighted by Crippen LogP contribution is -2.44. The molecule has 0 spiro atoms. The summed E-state index contributed by atoms with van der Waals surface area (Å²) in [5, 5.41) is 21.1. The van der Waals surface area contributed by atoms with Gasteiger partial charge in [-0.25, -0.2) is 0 Å². The zero-order valence-electron chi connectivity index (χ0n) is 12.9. The van der Waals surface area contributed by atoms with E-state index >= 15 is 0 Å². The van der Waals surface area contributed by atoms with Gasteiger partial charge in [-0.15, -0.1) is 0 Å². The van der Waals surface area contributed by atoms with Crippen molar-refractivity contribution in [1.29, 1.82) is 5.41 Å². The van der Waals surface area contributed by atoms with Gasteiger partial charge in [0.2, 0.25) is 0 Å². The molecule has 0 saturated carbocycles. The number of carbonyl (C=O) groups is 1. The zero-order valence-corrected chi connectivity index (χ0v) is 14.4. The number of amides is 1. The van der Waals surface area contributed by atoms with Crippen molar-refractivity contribution in [2.24, 2.45) is 22.6 Å². The molecule has 130 valence electrons. The van der Waals surface area contributed by atoms with Gasteiger partial charge in [-0.3, -0.25) is 4.79 Å². The first-order chi connectivity index (χ1) is 11.4. The maximum Gasteiger partial charge on any atom is 0.275 e. The van der Waals surface area contributed by atoms with Crippen molar-refractivity contribution < 1.29 is 9.90 Å². The van der Waals surface area contributed by atoms with E-state index in [0.29, 0.717) is 36.5 Å². The van der Waals surface area contributed by atoms with Gasteiger partial charge in [-0.05, 0) is 24.8 Å². The smallest absolute Gasteiger partial charge is 0.275 e. The van der Waals surface area contributed by atoms with Crippen molar-refractivity contribution >= 4 is 41.0 Å². The summed E-state index contributed by atoms with van der Waals surface area (Å²) in [4.78, 5) is 13.7. The molecule has 24 heavy (non-hydrogen) atoms. The van der Waals surface area contributed by atoms with Crippen LogP contribution in [-0.2, 0) is 4.79 Å². The standard InChI is InChI=1S/C15H19Cl2N5O2/c16-10-5-9(13(23)6-11(10)17)14(19)8-1-3-22(4-2-8)15(24)12(7-18)21-20/h5-8,14,18,23H,1-4,19-20H2/b18-7?,21-12+/t14-/m1/s1. The monoisotopic (exact) mass is 371 g/mol. The maximum atomic E-state index is 12.1. The molecule has 7 nitrogen and oxygen atoms in total. The van der Waals surface area contributed by atoms with Crippen LogP contribution in [0.4, 0.5) is 0 Å². The van der Waals surface area contributed by atoms with Gasteiger partial charge in [0.05, 0.1) is 16.3 Å². The molecule has 1 fully saturated rings. The van der Waals surface area contributed by atoms with Gasteiger partial charge in [0.1, 0.15) is 5.75 Å². The summed E-state index contributed by atoms with van der Waals surface area (Å²) < 4.78 is 0. The first kappa shape index (κ1) is 18.5. The number of carbonyl (C=O) groups excluding carboxylic acids is 1. The lowest BCUT2D eigenvalue weighted by Gasteiger charge is -2.35. The highest BCUT2D eigenvalue weighted by atomic mass is 35.5. The summed E-state index contributed by atoms with van der Waals surface area (Å²) >= 11 is 11.9. The third kappa shape index (κ3) is 3.80. The Labute approximate surface area is 149 Å². The number of hydrogen-bond donors (Lipinski definition) is 4. The average molecular weight is 372 g/mol. The van der Waals surface area contributed by atoms with Gasteiger partial charge < -0.3 is 27.0 Å². The van der Waals surface area contributed by atoms with Crippen LogP contribution in [-0.4, -0.2) is 40.9 Å². The zero-order chi connectivity index (χ0) is 17.9. The lowest BCUT2D eigenvalue weighted by molar-refractivity contribution is -0.125. The second-order valence-electron chi connectivity index (χ2n) is 5.64. The molecular formula is C15H19Cl2N5O2. The number of halogens is 2. The Balaban J connectivity index is 2.06. The van der Waals surface area contributed by atoms with Crippen molar-refractivity contribution in [2.45, 2.75) is 18.9 Å². The molecule has 9 heteroatoms. The second kappa shape index (κ2) is 7.83. The molecule has 0 radical (unpaired) electrons. The predicted octanol–water partition coefficient (Wildman–Crippen LogP) is 1.90. The van der Waals surface area contributed by atoms with E-state index in [2.05, 4.69) is 5.10 Å². The fraction of sp³-hybridized carbons (Fsp3) is 0.400. The number of nitrogens with two attached hydrogens (primary N) is 2. The van der Waals surface area contributed by atoms with Crippen LogP contribution in [0.25, 0.3) is 0 Å². The number of piperidine rings is 1. The summed E-state index contributed by atoms with van der Waals surface area (Å²) in [5.74, 6) is 4.83. The topological polar surface area (TPSA) is 129 Å². The predicted molar refractivity (Wildman–Crippen MR) is 94.8 cm³/mol. The largest absolute Gasteiger partial charge is 0.508 e. The molecule has 0 aromatic heterocycles. The van der Waals surface area contributed by atoms with E-state index in [1.807, 2.05) is 0 Å². The van der Waals surface area contributed by atoms with Crippen LogP contribution >= 0.6 is 23.2 Å². The number of hydrazone groups is 1. The van der Waals surface area contributed by atoms with Gasteiger partial charge in [-0.1, -0.05) is 23.2 Å². The van der Waals surface area contributed by atoms with Crippen LogP contribution in [0.2, 0.25) is 10.0 Å². The van der Waals surface area contributed by atoms with E-state index in [1.165, 1.54) is 6.07 Å². The minimum atomic E-state index is -0.414. The SMILES string of the molecule is N=C/C(=N\N)C(=O)N1CCC([C@@H](N)c2cc(Cl)c(Cl)cc2O)CC1. The van der Waals surface area contributed by atoms with Crippen LogP contribution in [0, 0.1) is 11.3 Å². The molecule has 0 unspecified atom stereocenters. The molecule has 6 N–H and O–H groups in total. The Kier molecular flexibility index (Phi) is 6.04. The van der Waals surface area contributed by atoms with Crippen LogP contribution in [0.3, 0.4) is 0 Å². The second-order valence-corrected chi connectivity index (χ2v) is 6.45. The van der Waals surface area contributed by atoms with Gasteiger partial charge in [0.25, 0.3) is 5.91 Å². The van der Waals surface area contributed by atoms with Crippen molar-refractivity contribution in [2.75, 3.05) is 13.1 Å². The van der Waals surface area contributed by atoms with Gasteiger partial charge >= 0.3 is 0 Å². The highest BCUT2D eigenvalue weighted by molar-refractivity contribution is 6.60. The molecule has 1 aliphatic heterocycles. The third-order valence-corrected chi connectivity index (χ3v) is 4.98. The molecule has 1 aromatic rings. The number of benzene rings is 1. The van der Waals surface area contributed by atoms with E-state index in [-0.39, 0.29) is 28.3 Å². The maximum absolute atomic E-state index is 12.1. The normalized spacial score (nSPS) is 17.6. The van der Waals surface area contributed by atoms with Crippen LogP contribution in [0.15, 0.2) is 17.2 Å². The highest BCUT2D eigenvalue weighted by Crippen LogP contribution is 2.37. The van der Waals surface area contributed by atoms with Crippen LogP contribution < -0.4 is 11.6 Å². The lowest BCUT2D eigenvalue weighted by atomic mass is 9.85. The van der Waals surface area contributed by atoms with Gasteiger partial charge in [0.15, 0.2) is 5.71 Å². The molecule has 2 rings (SSSR count). The fourth-order valence-corrected chi connectivity index (χ4v) is 3.18.